The summed E-state index contributed by atoms with van der Waals surface area (Å²) in [6.07, 6.45) is 4.46. The molecular formula is C19H26N6O2. The molecule has 0 spiro atoms. The summed E-state index contributed by atoms with van der Waals surface area (Å²) in [5.74, 6) is 0.972. The zero-order valence-corrected chi connectivity index (χ0v) is 15.7. The van der Waals surface area contributed by atoms with E-state index >= 15 is 0 Å². The number of aromatic nitrogens is 3. The molecule has 8 heteroatoms. The molecular weight excluding hydrogens is 344 g/mol. The third-order valence-electron chi connectivity index (χ3n) is 5.18. The number of carbonyl (C=O) groups excluding carboxylic acids is 1. The maximum Gasteiger partial charge on any atom is 0.317 e. The Hall–Kier alpha value is -2.61. The number of benzene rings is 1. The second kappa shape index (κ2) is 7.96. The van der Waals surface area contributed by atoms with Gasteiger partial charge in [0.1, 0.15) is 24.5 Å². The molecule has 27 heavy (non-hydrogen) atoms. The Labute approximate surface area is 159 Å². The Morgan fingerprint density at radius 3 is 2.89 bits per heavy atom. The van der Waals surface area contributed by atoms with Gasteiger partial charge >= 0.3 is 6.03 Å². The lowest BCUT2D eigenvalue weighted by atomic mass is 10.1. The lowest BCUT2D eigenvalue weighted by Gasteiger charge is -2.34. The van der Waals surface area contributed by atoms with Crippen molar-refractivity contribution in [3.05, 3.63) is 42.0 Å². The highest BCUT2D eigenvalue weighted by Crippen LogP contribution is 2.29. The van der Waals surface area contributed by atoms with Crippen LogP contribution in [-0.2, 0) is 19.5 Å². The van der Waals surface area contributed by atoms with Crippen LogP contribution >= 0.6 is 0 Å². The molecule has 1 aromatic carbocycles. The Morgan fingerprint density at radius 2 is 2.11 bits per heavy atom. The molecule has 4 rings (SSSR count). The molecule has 2 aliphatic heterocycles. The Bertz CT molecular complexity index is 771. The molecule has 2 aliphatic rings. The zero-order valence-electron chi connectivity index (χ0n) is 15.7. The molecule has 0 saturated carbocycles. The van der Waals surface area contributed by atoms with E-state index in [0.717, 1.165) is 57.0 Å². The van der Waals surface area contributed by atoms with Crippen LogP contribution in [0.5, 0.6) is 5.75 Å². The molecule has 3 heterocycles. The summed E-state index contributed by atoms with van der Waals surface area (Å²) in [5, 5.41) is 7.16. The van der Waals surface area contributed by atoms with Crippen LogP contribution in [0.1, 0.15) is 18.1 Å². The van der Waals surface area contributed by atoms with Crippen molar-refractivity contribution in [1.29, 1.82) is 0 Å². The number of hydrogen-bond acceptors (Lipinski definition) is 5. The van der Waals surface area contributed by atoms with Gasteiger partial charge in [-0.2, -0.15) is 5.10 Å². The summed E-state index contributed by atoms with van der Waals surface area (Å²) in [6, 6.07) is 6.19. The number of fused-ring (bicyclic) bond motifs is 1. The molecule has 2 amide bonds. The average molecular weight is 370 g/mol. The highest BCUT2D eigenvalue weighted by atomic mass is 16.5. The number of ether oxygens (including phenoxy) is 1. The molecule has 2 aromatic rings. The fourth-order valence-electron chi connectivity index (χ4n) is 3.64. The summed E-state index contributed by atoms with van der Waals surface area (Å²) in [7, 11) is 0. The molecule has 1 fully saturated rings. The van der Waals surface area contributed by atoms with Crippen LogP contribution < -0.4 is 10.1 Å². The first-order valence-corrected chi connectivity index (χ1v) is 9.53. The van der Waals surface area contributed by atoms with Crippen molar-refractivity contribution in [2.75, 3.05) is 32.7 Å². The van der Waals surface area contributed by atoms with Gasteiger partial charge in [-0.1, -0.05) is 12.1 Å². The van der Waals surface area contributed by atoms with E-state index in [4.69, 9.17) is 4.74 Å². The number of carbonyl (C=O) groups is 1. The van der Waals surface area contributed by atoms with Gasteiger partial charge in [-0.3, -0.25) is 9.58 Å². The molecule has 1 atom stereocenters. The van der Waals surface area contributed by atoms with Crippen molar-refractivity contribution in [2.24, 2.45) is 0 Å². The molecule has 0 bridgehead atoms. The van der Waals surface area contributed by atoms with Crippen molar-refractivity contribution in [3.8, 4) is 5.75 Å². The van der Waals surface area contributed by atoms with Crippen molar-refractivity contribution in [2.45, 2.75) is 32.5 Å². The van der Waals surface area contributed by atoms with Crippen molar-refractivity contribution >= 4 is 6.03 Å². The molecule has 1 aromatic heterocycles. The summed E-state index contributed by atoms with van der Waals surface area (Å²) in [4.78, 5) is 20.7. The van der Waals surface area contributed by atoms with Gasteiger partial charge in [-0.25, -0.2) is 9.78 Å². The van der Waals surface area contributed by atoms with Crippen LogP contribution in [0.15, 0.2) is 30.9 Å². The lowest BCUT2D eigenvalue weighted by molar-refractivity contribution is 0.135. The molecule has 0 aliphatic carbocycles. The first kappa shape index (κ1) is 17.8. The minimum absolute atomic E-state index is 0.0102. The smallest absolute Gasteiger partial charge is 0.317 e. The standard InChI is InChI=1S/C19H26N6O2/c1-15-10-17-11-16(2-3-18(17)27-15)12-21-19(26)24-7-4-23(5-8-24)6-9-25-14-20-13-22-25/h2-3,11,13-15H,4-10,12H2,1H3,(H,21,26). The van der Waals surface area contributed by atoms with Crippen LogP contribution in [0.3, 0.4) is 0 Å². The largest absolute Gasteiger partial charge is 0.490 e. The van der Waals surface area contributed by atoms with Crippen LogP contribution in [0.4, 0.5) is 4.79 Å². The number of urea groups is 1. The summed E-state index contributed by atoms with van der Waals surface area (Å²) in [6.45, 7) is 7.64. The first-order valence-electron chi connectivity index (χ1n) is 9.53. The van der Waals surface area contributed by atoms with Crippen molar-refractivity contribution in [1.82, 2.24) is 29.9 Å². The van der Waals surface area contributed by atoms with Gasteiger partial charge in [-0.15, -0.1) is 0 Å². The van der Waals surface area contributed by atoms with Gasteiger partial charge in [0.25, 0.3) is 0 Å². The van der Waals surface area contributed by atoms with E-state index in [1.54, 1.807) is 12.7 Å². The lowest BCUT2D eigenvalue weighted by Crippen LogP contribution is -2.52. The van der Waals surface area contributed by atoms with E-state index < -0.39 is 0 Å². The minimum atomic E-state index is 0.0102. The topological polar surface area (TPSA) is 75.5 Å². The Morgan fingerprint density at radius 1 is 1.26 bits per heavy atom. The van der Waals surface area contributed by atoms with Crippen LogP contribution in [-0.4, -0.2) is 69.4 Å². The number of amides is 2. The quantitative estimate of drug-likeness (QED) is 0.854. The molecule has 1 N–H and O–H groups in total. The minimum Gasteiger partial charge on any atom is -0.490 e. The van der Waals surface area contributed by atoms with E-state index in [0.29, 0.717) is 6.54 Å². The van der Waals surface area contributed by atoms with Crippen molar-refractivity contribution in [3.63, 3.8) is 0 Å². The number of nitrogens with zero attached hydrogens (tertiary/aromatic N) is 5. The Balaban J connectivity index is 1.20. The third kappa shape index (κ3) is 4.39. The van der Waals surface area contributed by atoms with E-state index in [1.165, 1.54) is 5.56 Å². The van der Waals surface area contributed by atoms with Gasteiger partial charge < -0.3 is 15.0 Å². The van der Waals surface area contributed by atoms with Crippen LogP contribution in [0.2, 0.25) is 0 Å². The molecule has 1 unspecified atom stereocenters. The number of rotatable bonds is 5. The highest BCUT2D eigenvalue weighted by molar-refractivity contribution is 5.74. The second-order valence-electron chi connectivity index (χ2n) is 7.22. The predicted molar refractivity (Wildman–Crippen MR) is 101 cm³/mol. The monoisotopic (exact) mass is 370 g/mol. The molecule has 1 saturated heterocycles. The van der Waals surface area contributed by atoms with Crippen molar-refractivity contribution < 1.29 is 9.53 Å². The fraction of sp³-hybridized carbons (Fsp3) is 0.526. The first-order chi connectivity index (χ1) is 13.2. The summed E-state index contributed by atoms with van der Waals surface area (Å²) >= 11 is 0. The Kier molecular flexibility index (Phi) is 5.24. The van der Waals surface area contributed by atoms with E-state index in [2.05, 4.69) is 33.3 Å². The number of hydrogen-bond donors (Lipinski definition) is 1. The summed E-state index contributed by atoms with van der Waals surface area (Å²) < 4.78 is 7.56. The summed E-state index contributed by atoms with van der Waals surface area (Å²) in [5.41, 5.74) is 2.35. The highest BCUT2D eigenvalue weighted by Gasteiger charge is 2.22. The second-order valence-corrected chi connectivity index (χ2v) is 7.22. The number of piperazine rings is 1. The van der Waals surface area contributed by atoms with Crippen LogP contribution in [0.25, 0.3) is 0 Å². The van der Waals surface area contributed by atoms with E-state index in [-0.39, 0.29) is 12.1 Å². The normalized spacial score (nSPS) is 19.6. The van der Waals surface area contributed by atoms with Gasteiger partial charge in [0.2, 0.25) is 0 Å². The van der Waals surface area contributed by atoms with E-state index in [1.807, 2.05) is 21.7 Å². The van der Waals surface area contributed by atoms with Gasteiger partial charge in [-0.05, 0) is 24.1 Å². The SMILES string of the molecule is CC1Cc2cc(CNC(=O)N3CCN(CCn4cncn4)CC3)ccc2O1. The molecule has 144 valence electrons. The fourth-order valence-corrected chi connectivity index (χ4v) is 3.64. The van der Waals surface area contributed by atoms with Gasteiger partial charge in [0, 0.05) is 45.7 Å². The molecule has 0 radical (unpaired) electrons. The van der Waals surface area contributed by atoms with Crippen LogP contribution in [0, 0.1) is 0 Å². The van der Waals surface area contributed by atoms with Gasteiger partial charge in [0.05, 0.1) is 6.54 Å². The third-order valence-corrected chi connectivity index (χ3v) is 5.18. The predicted octanol–water partition coefficient (Wildman–Crippen LogP) is 1.13. The van der Waals surface area contributed by atoms with E-state index in [9.17, 15) is 4.79 Å². The molecule has 8 nitrogen and oxygen atoms in total. The maximum atomic E-state index is 12.5. The average Bonchev–Trinajstić information content (AvgIpc) is 3.33. The van der Waals surface area contributed by atoms with Gasteiger partial charge in [0.15, 0.2) is 0 Å². The maximum absolute atomic E-state index is 12.5. The number of nitrogens with one attached hydrogen (secondary N) is 1. The zero-order chi connectivity index (χ0) is 18.6.